The van der Waals surface area contributed by atoms with Crippen LogP contribution in [-0.4, -0.2) is 46.3 Å². The van der Waals surface area contributed by atoms with Gasteiger partial charge in [0.1, 0.15) is 6.04 Å². The summed E-state index contributed by atoms with van der Waals surface area (Å²) in [6.07, 6.45) is 2.56. The second-order valence-corrected chi connectivity index (χ2v) is 6.90. The van der Waals surface area contributed by atoms with Crippen molar-refractivity contribution in [1.82, 2.24) is 14.8 Å². The van der Waals surface area contributed by atoms with E-state index in [1.54, 1.807) is 10.6 Å². The maximum absolute atomic E-state index is 13.5. The zero-order valence-electron chi connectivity index (χ0n) is 14.7. The van der Waals surface area contributed by atoms with E-state index in [9.17, 15) is 23.2 Å². The summed E-state index contributed by atoms with van der Waals surface area (Å²) in [4.78, 5) is 37.6. The molecule has 0 bridgehead atoms. The number of pyridine rings is 1. The summed E-state index contributed by atoms with van der Waals surface area (Å²) < 4.78 is 28.5. The molecular weight excluding hydrogens is 358 g/mol. The van der Waals surface area contributed by atoms with Crippen LogP contribution in [0.15, 0.2) is 16.9 Å². The summed E-state index contributed by atoms with van der Waals surface area (Å²) in [7, 11) is 0. The van der Waals surface area contributed by atoms with Crippen LogP contribution in [0, 0.1) is 11.3 Å². The highest BCUT2D eigenvalue weighted by Crippen LogP contribution is 2.31. The molecule has 1 atom stereocenters. The number of fused-ring (bicyclic) bond motifs is 1. The fraction of sp³-hybridized carbons (Fsp3) is 0.556. The van der Waals surface area contributed by atoms with Crippen LogP contribution in [0.1, 0.15) is 41.7 Å². The van der Waals surface area contributed by atoms with Crippen LogP contribution in [-0.2, 0) is 17.8 Å². The maximum atomic E-state index is 13.5. The van der Waals surface area contributed by atoms with E-state index in [1.807, 2.05) is 0 Å². The lowest BCUT2D eigenvalue weighted by Crippen LogP contribution is -2.43. The molecule has 0 radical (unpaired) electrons. The number of nitrogens with one attached hydrogen (secondary N) is 1. The topological polar surface area (TPSA) is 95.2 Å². The Bertz CT molecular complexity index is 859. The summed E-state index contributed by atoms with van der Waals surface area (Å²) in [6, 6.07) is 3.25. The number of likely N-dealkylation sites (tertiary alicyclic amines) is 1. The number of carbonyl (C=O) groups excluding carboxylic acids is 2. The summed E-state index contributed by atoms with van der Waals surface area (Å²) in [5.41, 5.74) is 0.774. The summed E-state index contributed by atoms with van der Waals surface area (Å²) in [6.45, 7) is -0.761. The first-order valence-electron chi connectivity index (χ1n) is 8.90. The molecule has 0 aliphatic carbocycles. The molecule has 3 heterocycles. The van der Waals surface area contributed by atoms with Gasteiger partial charge < -0.3 is 14.8 Å². The van der Waals surface area contributed by atoms with Crippen LogP contribution in [0.2, 0.25) is 0 Å². The zero-order chi connectivity index (χ0) is 19.6. The summed E-state index contributed by atoms with van der Waals surface area (Å²) in [5, 5.41) is 11.4. The maximum Gasteiger partial charge on any atom is 0.268 e. The van der Waals surface area contributed by atoms with E-state index in [0.717, 1.165) is 24.2 Å². The largest absolute Gasteiger partial charge is 0.343 e. The van der Waals surface area contributed by atoms with Crippen LogP contribution in [0.4, 0.5) is 8.78 Å². The Morgan fingerprint density at radius 3 is 2.81 bits per heavy atom. The summed E-state index contributed by atoms with van der Waals surface area (Å²) in [5.74, 6) is -4.36. The number of carbonyl (C=O) groups is 2. The van der Waals surface area contributed by atoms with Crippen molar-refractivity contribution in [2.45, 2.75) is 50.6 Å². The lowest BCUT2D eigenvalue weighted by Gasteiger charge is -2.20. The predicted molar refractivity (Wildman–Crippen MR) is 91.3 cm³/mol. The van der Waals surface area contributed by atoms with Crippen molar-refractivity contribution >= 4 is 11.8 Å². The number of aromatic nitrogens is 1. The van der Waals surface area contributed by atoms with E-state index in [-0.39, 0.29) is 5.56 Å². The first kappa shape index (κ1) is 19.0. The number of nitrogens with zero attached hydrogens (tertiary/aromatic N) is 3. The van der Waals surface area contributed by atoms with Crippen LogP contribution < -0.4 is 10.9 Å². The Labute approximate surface area is 154 Å². The molecule has 1 aromatic rings. The third-order valence-electron chi connectivity index (χ3n) is 4.97. The standard InChI is InChI=1S/C18H20F2N4O3/c19-18(20)8-12(9-21)24(11-18)16(26)10-22-17(27)13-5-6-15(25)23-7-3-1-2-4-14(13)23/h5-6,12H,1-4,7-8,10-11H2,(H,22,27). The first-order chi connectivity index (χ1) is 12.8. The number of hydrogen-bond acceptors (Lipinski definition) is 4. The third kappa shape index (κ3) is 3.99. The molecule has 1 aromatic heterocycles. The first-order valence-corrected chi connectivity index (χ1v) is 8.90. The van der Waals surface area contributed by atoms with Crippen molar-refractivity contribution in [3.05, 3.63) is 33.7 Å². The van der Waals surface area contributed by atoms with E-state index in [4.69, 9.17) is 5.26 Å². The second-order valence-electron chi connectivity index (χ2n) is 6.90. The van der Waals surface area contributed by atoms with Gasteiger partial charge in [-0.3, -0.25) is 14.4 Å². The van der Waals surface area contributed by atoms with Crippen molar-refractivity contribution < 1.29 is 18.4 Å². The molecule has 1 fully saturated rings. The molecule has 2 aliphatic heterocycles. The van der Waals surface area contributed by atoms with Crippen molar-refractivity contribution in [2.24, 2.45) is 0 Å². The van der Waals surface area contributed by atoms with Gasteiger partial charge in [0.25, 0.3) is 17.4 Å². The molecule has 0 spiro atoms. The van der Waals surface area contributed by atoms with Gasteiger partial charge in [0.2, 0.25) is 5.91 Å². The van der Waals surface area contributed by atoms with Gasteiger partial charge in [-0.2, -0.15) is 5.26 Å². The van der Waals surface area contributed by atoms with E-state index in [2.05, 4.69) is 5.32 Å². The molecule has 144 valence electrons. The van der Waals surface area contributed by atoms with Crippen LogP contribution >= 0.6 is 0 Å². The molecule has 27 heavy (non-hydrogen) atoms. The van der Waals surface area contributed by atoms with Gasteiger partial charge in [-0.15, -0.1) is 0 Å². The lowest BCUT2D eigenvalue weighted by molar-refractivity contribution is -0.131. The second kappa shape index (κ2) is 7.47. The molecule has 2 amide bonds. The quantitative estimate of drug-likeness (QED) is 0.851. The molecule has 3 rings (SSSR count). The fourth-order valence-electron chi connectivity index (χ4n) is 3.63. The molecule has 1 unspecified atom stereocenters. The minimum Gasteiger partial charge on any atom is -0.343 e. The molecule has 9 heteroatoms. The van der Waals surface area contributed by atoms with Gasteiger partial charge in [-0.1, -0.05) is 6.42 Å². The van der Waals surface area contributed by atoms with E-state index in [1.165, 1.54) is 12.1 Å². The Balaban J connectivity index is 1.71. The highest BCUT2D eigenvalue weighted by molar-refractivity contribution is 5.97. The van der Waals surface area contributed by atoms with E-state index in [0.29, 0.717) is 24.2 Å². The third-order valence-corrected chi connectivity index (χ3v) is 4.97. The minimum atomic E-state index is -3.10. The minimum absolute atomic E-state index is 0.171. The van der Waals surface area contributed by atoms with Crippen molar-refractivity contribution in [3.63, 3.8) is 0 Å². The van der Waals surface area contributed by atoms with Crippen LogP contribution in [0.5, 0.6) is 0 Å². The molecule has 2 aliphatic rings. The Morgan fingerprint density at radius 1 is 1.30 bits per heavy atom. The number of rotatable bonds is 3. The molecule has 0 aromatic carbocycles. The lowest BCUT2D eigenvalue weighted by atomic mass is 10.1. The smallest absolute Gasteiger partial charge is 0.268 e. The highest BCUT2D eigenvalue weighted by Gasteiger charge is 2.47. The fourth-order valence-corrected chi connectivity index (χ4v) is 3.63. The summed E-state index contributed by atoms with van der Waals surface area (Å²) >= 11 is 0. The molecule has 7 nitrogen and oxygen atoms in total. The highest BCUT2D eigenvalue weighted by atomic mass is 19.3. The molecule has 1 saturated heterocycles. The van der Waals surface area contributed by atoms with Gasteiger partial charge in [0.15, 0.2) is 0 Å². The van der Waals surface area contributed by atoms with Crippen LogP contribution in [0.25, 0.3) is 0 Å². The van der Waals surface area contributed by atoms with Crippen molar-refractivity contribution in [3.8, 4) is 6.07 Å². The van der Waals surface area contributed by atoms with Gasteiger partial charge in [-0.05, 0) is 25.3 Å². The van der Waals surface area contributed by atoms with E-state index >= 15 is 0 Å². The number of halogens is 2. The van der Waals surface area contributed by atoms with Crippen LogP contribution in [0.3, 0.4) is 0 Å². The Morgan fingerprint density at radius 2 is 2.07 bits per heavy atom. The Kier molecular flexibility index (Phi) is 5.26. The normalized spacial score (nSPS) is 21.1. The average molecular weight is 378 g/mol. The number of amides is 2. The monoisotopic (exact) mass is 378 g/mol. The molecular formula is C18H20F2N4O3. The van der Waals surface area contributed by atoms with Crippen molar-refractivity contribution in [1.29, 1.82) is 5.26 Å². The Hall–Kier alpha value is -2.76. The predicted octanol–water partition coefficient (Wildman–Crippen LogP) is 1.06. The molecule has 1 N–H and O–H groups in total. The van der Waals surface area contributed by atoms with E-state index < -0.39 is 43.3 Å². The number of nitriles is 1. The molecule has 0 saturated carbocycles. The number of hydrogen-bond donors (Lipinski definition) is 1. The van der Waals surface area contributed by atoms with Gasteiger partial charge in [-0.25, -0.2) is 8.78 Å². The van der Waals surface area contributed by atoms with Gasteiger partial charge in [0.05, 0.1) is 24.7 Å². The van der Waals surface area contributed by atoms with Gasteiger partial charge in [0, 0.05) is 24.7 Å². The van der Waals surface area contributed by atoms with Gasteiger partial charge >= 0.3 is 0 Å². The SMILES string of the molecule is N#CC1CC(F)(F)CN1C(=O)CNC(=O)c1ccc(=O)n2c1CCCCC2. The zero-order valence-corrected chi connectivity index (χ0v) is 14.7. The average Bonchev–Trinajstić information content (AvgIpc) is 2.80. The van der Waals surface area contributed by atoms with Crippen molar-refractivity contribution in [2.75, 3.05) is 13.1 Å². The number of alkyl halides is 2.